The van der Waals surface area contributed by atoms with E-state index in [0.717, 1.165) is 11.4 Å². The second-order valence-electron chi connectivity index (χ2n) is 21.2. The average molecular weight is 807 g/mol. The first kappa shape index (κ1) is 62.0. The molecule has 0 unspecified atom stereocenters. The molecule has 0 aromatic heterocycles. The number of hydrogen-bond acceptors (Lipinski definition) is 4. The summed E-state index contributed by atoms with van der Waals surface area (Å²) < 4.78 is 0. The molecule has 4 heteroatoms. The van der Waals surface area contributed by atoms with Crippen LogP contribution in [0.5, 0.6) is 0 Å². The minimum Gasteiger partial charge on any atom is -0.297 e. The lowest BCUT2D eigenvalue weighted by Crippen LogP contribution is -2.53. The summed E-state index contributed by atoms with van der Waals surface area (Å²) in [6.45, 7) is 66.8. The standard InChI is InChI=1S/C16H33N.C14H27N.2C12H21N/c1-12(17-11)14(5,6)16(9,10)15(7,8)13(2,3)4;1-10(13(4,5)6)11(2)14(7,8)12(3)15-9;2*1-8(2)9(3)10(4)11(5)12(6)13-7/h1-11H3;1-9H3;2*1-7H3/b;11-10-,15-12?;;. The quantitative estimate of drug-likeness (QED) is 0.127. The lowest BCUT2D eigenvalue weighted by Gasteiger charge is -2.58. The Morgan fingerprint density at radius 1 is 0.310 bits per heavy atom. The van der Waals surface area contributed by atoms with Crippen LogP contribution >= 0.6 is 0 Å². The van der Waals surface area contributed by atoms with Gasteiger partial charge in [0, 0.05) is 61.9 Å². The van der Waals surface area contributed by atoms with E-state index in [1.165, 1.54) is 67.2 Å². The molecule has 0 radical (unpaired) electrons. The molecular weight excluding hydrogens is 705 g/mol. The highest BCUT2D eigenvalue weighted by Gasteiger charge is 2.53. The van der Waals surface area contributed by atoms with Crippen molar-refractivity contribution >= 4 is 22.8 Å². The van der Waals surface area contributed by atoms with E-state index in [4.69, 9.17) is 0 Å². The van der Waals surface area contributed by atoms with Gasteiger partial charge in [-0.2, -0.15) is 0 Å². The highest BCUT2D eigenvalue weighted by Crippen LogP contribution is 2.59. The fourth-order valence-corrected chi connectivity index (χ4v) is 6.22. The maximum atomic E-state index is 4.44. The van der Waals surface area contributed by atoms with Crippen molar-refractivity contribution in [3.05, 3.63) is 55.7 Å². The van der Waals surface area contributed by atoms with Crippen LogP contribution in [0.15, 0.2) is 75.7 Å². The van der Waals surface area contributed by atoms with Crippen LogP contribution in [0.3, 0.4) is 0 Å². The number of rotatable bonds is 9. The lowest BCUT2D eigenvalue weighted by atomic mass is 9.47. The van der Waals surface area contributed by atoms with Crippen molar-refractivity contribution in [1.82, 2.24) is 0 Å². The molecule has 58 heavy (non-hydrogen) atoms. The van der Waals surface area contributed by atoms with Crippen LogP contribution in [0.2, 0.25) is 0 Å². The van der Waals surface area contributed by atoms with Gasteiger partial charge in [-0.15, -0.1) is 0 Å². The fourth-order valence-electron chi connectivity index (χ4n) is 6.22. The van der Waals surface area contributed by atoms with Gasteiger partial charge in [0.25, 0.3) is 0 Å². The van der Waals surface area contributed by atoms with Gasteiger partial charge >= 0.3 is 0 Å². The third-order valence-corrected chi connectivity index (χ3v) is 15.6. The SMILES string of the molecule is CN=C(C)C(C)(C)/C(C)=C(/C)C(C)(C)C.CN=C(C)C(C)(C)C(C)(C)C(C)(C)C(C)(C)C.CN=C(C)C(C)=C(C)C(C)=C(C)C.CN=C(C)C(C)=C(C)C(C)=C(C)C. The summed E-state index contributed by atoms with van der Waals surface area (Å²) in [5, 5.41) is 0. The zero-order valence-electron chi connectivity index (χ0n) is 45.8. The number of hydrogen-bond donors (Lipinski definition) is 0. The van der Waals surface area contributed by atoms with Crippen molar-refractivity contribution in [3.63, 3.8) is 0 Å². The largest absolute Gasteiger partial charge is 0.297 e. The van der Waals surface area contributed by atoms with E-state index in [2.05, 4.69) is 228 Å². The van der Waals surface area contributed by atoms with Gasteiger partial charge < -0.3 is 0 Å². The van der Waals surface area contributed by atoms with Crippen LogP contribution < -0.4 is 0 Å². The Bertz CT molecular complexity index is 1560. The first-order valence-electron chi connectivity index (χ1n) is 21.7. The summed E-state index contributed by atoms with van der Waals surface area (Å²) >= 11 is 0. The molecule has 0 spiro atoms. The van der Waals surface area contributed by atoms with Crippen molar-refractivity contribution in [2.24, 2.45) is 52.5 Å². The summed E-state index contributed by atoms with van der Waals surface area (Å²) in [5.74, 6) is 0. The van der Waals surface area contributed by atoms with Crippen molar-refractivity contribution < 1.29 is 0 Å². The molecule has 0 fully saturated rings. The molecule has 0 aromatic carbocycles. The van der Waals surface area contributed by atoms with E-state index in [1.54, 1.807) is 0 Å². The van der Waals surface area contributed by atoms with Gasteiger partial charge in [-0.1, -0.05) is 119 Å². The van der Waals surface area contributed by atoms with Crippen molar-refractivity contribution in [2.45, 2.75) is 208 Å². The topological polar surface area (TPSA) is 49.4 Å². The van der Waals surface area contributed by atoms with Crippen LogP contribution in [0, 0.1) is 32.5 Å². The second-order valence-corrected chi connectivity index (χ2v) is 21.2. The van der Waals surface area contributed by atoms with E-state index in [-0.39, 0.29) is 32.5 Å². The van der Waals surface area contributed by atoms with Crippen molar-refractivity contribution in [1.29, 1.82) is 0 Å². The van der Waals surface area contributed by atoms with Crippen molar-refractivity contribution in [2.75, 3.05) is 28.2 Å². The van der Waals surface area contributed by atoms with Gasteiger partial charge in [0.05, 0.1) is 0 Å². The zero-order chi connectivity index (χ0) is 47.9. The predicted molar refractivity (Wildman–Crippen MR) is 273 cm³/mol. The first-order chi connectivity index (χ1) is 25.6. The molecule has 0 aromatic rings. The van der Waals surface area contributed by atoms with Crippen LogP contribution in [-0.2, 0) is 0 Å². The Morgan fingerprint density at radius 3 is 0.810 bits per heavy atom. The van der Waals surface area contributed by atoms with Crippen molar-refractivity contribution in [3.8, 4) is 0 Å². The van der Waals surface area contributed by atoms with E-state index in [0.29, 0.717) is 0 Å². The Morgan fingerprint density at radius 2 is 0.603 bits per heavy atom. The molecule has 0 amide bonds. The molecule has 0 bridgehead atoms. The minimum atomic E-state index is 0.0755. The first-order valence-corrected chi connectivity index (χ1v) is 21.7. The van der Waals surface area contributed by atoms with E-state index in [9.17, 15) is 0 Å². The fraction of sp³-hybridized carbons (Fsp3) is 0.741. The lowest BCUT2D eigenvalue weighted by molar-refractivity contribution is -0.0596. The van der Waals surface area contributed by atoms with E-state index >= 15 is 0 Å². The number of nitrogens with zero attached hydrogens (tertiary/aromatic N) is 4. The average Bonchev–Trinajstić information content (AvgIpc) is 3.13. The smallest absolute Gasteiger partial charge is 0.0345 e. The van der Waals surface area contributed by atoms with Gasteiger partial charge in [0.1, 0.15) is 0 Å². The summed E-state index contributed by atoms with van der Waals surface area (Å²) in [5.41, 5.74) is 19.4. The Hall–Kier alpha value is -2.62. The monoisotopic (exact) mass is 807 g/mol. The normalized spacial score (nSPS) is 15.3. The zero-order valence-corrected chi connectivity index (χ0v) is 45.8. The molecule has 0 aliphatic carbocycles. The minimum absolute atomic E-state index is 0.0755. The molecule has 0 heterocycles. The third kappa shape index (κ3) is 17.2. The Labute approximate surface area is 365 Å². The van der Waals surface area contributed by atoms with Crippen LogP contribution in [-0.4, -0.2) is 51.0 Å². The molecule has 0 saturated heterocycles. The molecule has 4 nitrogen and oxygen atoms in total. The van der Waals surface area contributed by atoms with Gasteiger partial charge in [-0.3, -0.25) is 20.0 Å². The highest BCUT2D eigenvalue weighted by molar-refractivity contribution is 5.99. The molecule has 0 N–H and O–H groups in total. The number of allylic oxidation sites excluding steroid dienone is 10. The van der Waals surface area contributed by atoms with Gasteiger partial charge in [0.2, 0.25) is 0 Å². The van der Waals surface area contributed by atoms with Crippen LogP contribution in [0.1, 0.15) is 208 Å². The Kier molecular flexibility index (Phi) is 26.3. The maximum Gasteiger partial charge on any atom is 0.0345 e. The maximum absolute atomic E-state index is 4.44. The molecular formula is C54H102N4. The van der Waals surface area contributed by atoms with Gasteiger partial charge in [-0.05, 0) is 166 Å². The molecule has 0 atom stereocenters. The van der Waals surface area contributed by atoms with Gasteiger partial charge in [0.15, 0.2) is 0 Å². The van der Waals surface area contributed by atoms with Crippen LogP contribution in [0.25, 0.3) is 0 Å². The summed E-state index contributed by atoms with van der Waals surface area (Å²) in [4.78, 5) is 17.1. The highest BCUT2D eigenvalue weighted by atomic mass is 14.7. The van der Waals surface area contributed by atoms with Crippen LogP contribution in [0.4, 0.5) is 0 Å². The molecule has 338 valence electrons. The van der Waals surface area contributed by atoms with Gasteiger partial charge in [-0.25, -0.2) is 0 Å². The second kappa shape index (κ2) is 24.6. The molecule has 0 rings (SSSR count). The molecule has 0 aliphatic rings. The van der Waals surface area contributed by atoms with E-state index < -0.39 is 0 Å². The third-order valence-electron chi connectivity index (χ3n) is 15.6. The summed E-state index contributed by atoms with van der Waals surface area (Å²) in [6.07, 6.45) is 0. The Balaban J connectivity index is -0.000000337. The van der Waals surface area contributed by atoms with E-state index in [1.807, 2.05) is 28.2 Å². The molecule has 0 aliphatic heterocycles. The molecule has 0 saturated carbocycles. The summed E-state index contributed by atoms with van der Waals surface area (Å²) in [7, 11) is 7.45. The number of aliphatic imine (C=N–C) groups is 4. The summed E-state index contributed by atoms with van der Waals surface area (Å²) in [6, 6.07) is 0. The predicted octanol–water partition coefficient (Wildman–Crippen LogP) is 17.2.